The molecule has 8 nitrogen and oxygen atoms in total. The van der Waals surface area contributed by atoms with Crippen LogP contribution in [0.1, 0.15) is 125 Å². The minimum absolute atomic E-state index is 0.00356. The first-order valence-electron chi connectivity index (χ1n) is 12.5. The second-order valence-corrected chi connectivity index (χ2v) is 13.0. The van der Waals surface area contributed by atoms with Crippen molar-refractivity contribution in [2.75, 3.05) is 0 Å². The molecule has 0 bridgehead atoms. The van der Waals surface area contributed by atoms with Gasteiger partial charge < -0.3 is 20.0 Å². The maximum Gasteiger partial charge on any atom is 0.336 e. The number of amides is 2. The number of carbonyl (C=O) groups excluding carboxylic acids is 2. The zero-order chi connectivity index (χ0) is 27.4. The van der Waals surface area contributed by atoms with Crippen LogP contribution in [0.4, 0.5) is 0 Å². The Balaban J connectivity index is 2.24. The highest BCUT2D eigenvalue weighted by atomic mass is 16.4. The monoisotopic (exact) mass is 500 g/mol. The number of likely N-dealkylation sites (tertiary alicyclic amines) is 2. The Hall–Kier alpha value is -2.90. The molecule has 2 amide bonds. The fourth-order valence-corrected chi connectivity index (χ4v) is 7.41. The first-order chi connectivity index (χ1) is 16.4. The number of hydrogen-bond donors (Lipinski definition) is 2. The minimum atomic E-state index is -1.16. The number of benzene rings is 1. The van der Waals surface area contributed by atoms with Crippen molar-refractivity contribution >= 4 is 24.8 Å². The average molecular weight is 501 g/mol. The van der Waals surface area contributed by atoms with E-state index >= 15 is 0 Å². The lowest BCUT2D eigenvalue weighted by atomic mass is 9.67. The predicted octanol–water partition coefficient (Wildman–Crippen LogP) is 4.87. The van der Waals surface area contributed by atoms with E-state index in [0.717, 1.165) is 12.8 Å². The van der Waals surface area contributed by atoms with E-state index in [1.807, 2.05) is 55.4 Å². The molecule has 2 aliphatic heterocycles. The van der Waals surface area contributed by atoms with Gasteiger partial charge in [-0.25, -0.2) is 9.59 Å². The number of nitrogens with zero attached hydrogens (tertiary/aromatic N) is 2. The Bertz CT molecular complexity index is 1050. The molecule has 2 saturated heterocycles. The first-order valence-corrected chi connectivity index (χ1v) is 12.5. The number of aromatic carboxylic acids is 2. The Morgan fingerprint density at radius 2 is 1.11 bits per heavy atom. The lowest BCUT2D eigenvalue weighted by Crippen LogP contribution is -2.59. The molecule has 2 aliphatic rings. The van der Waals surface area contributed by atoms with E-state index in [1.54, 1.807) is 15.9 Å². The molecule has 0 saturated carbocycles. The molecule has 36 heavy (non-hydrogen) atoms. The second-order valence-electron chi connectivity index (χ2n) is 13.0. The number of hydrogen-bond acceptors (Lipinski definition) is 4. The molecule has 1 aromatic rings. The summed E-state index contributed by atoms with van der Waals surface area (Å²) in [5.41, 5.74) is -1.18. The molecule has 0 atom stereocenters. The van der Waals surface area contributed by atoms with Crippen LogP contribution < -0.4 is 0 Å². The molecule has 0 radical (unpaired) electrons. The maximum atomic E-state index is 12.9. The van der Waals surface area contributed by atoms with Crippen molar-refractivity contribution in [3.8, 4) is 0 Å². The van der Waals surface area contributed by atoms with E-state index in [9.17, 15) is 29.4 Å². The van der Waals surface area contributed by atoms with Gasteiger partial charge in [0, 0.05) is 22.2 Å². The molecule has 0 spiro atoms. The van der Waals surface area contributed by atoms with Crippen molar-refractivity contribution in [1.29, 1.82) is 0 Å². The van der Waals surface area contributed by atoms with Crippen molar-refractivity contribution < 1.29 is 29.4 Å². The zero-order valence-corrected chi connectivity index (χ0v) is 22.7. The van der Waals surface area contributed by atoms with Crippen LogP contribution in [-0.4, -0.2) is 66.9 Å². The highest BCUT2D eigenvalue weighted by Crippen LogP contribution is 2.50. The van der Waals surface area contributed by atoms with Crippen molar-refractivity contribution in [1.82, 2.24) is 9.80 Å². The van der Waals surface area contributed by atoms with Gasteiger partial charge in [-0.1, -0.05) is 6.07 Å². The van der Waals surface area contributed by atoms with E-state index < -0.39 is 34.1 Å². The molecule has 2 fully saturated rings. The Morgan fingerprint density at radius 1 is 0.722 bits per heavy atom. The van der Waals surface area contributed by atoms with E-state index in [4.69, 9.17) is 0 Å². The Kier molecular flexibility index (Phi) is 6.84. The van der Waals surface area contributed by atoms with Crippen molar-refractivity contribution in [3.05, 3.63) is 34.4 Å². The maximum absolute atomic E-state index is 12.9. The Labute approximate surface area is 213 Å². The lowest BCUT2D eigenvalue weighted by molar-refractivity contribution is -0.136. The summed E-state index contributed by atoms with van der Waals surface area (Å²) in [6, 6.07) is 3.19. The number of rotatable bonds is 6. The van der Waals surface area contributed by atoms with Gasteiger partial charge in [0.2, 0.25) is 12.8 Å². The van der Waals surface area contributed by atoms with Gasteiger partial charge in [-0.3, -0.25) is 9.59 Å². The van der Waals surface area contributed by atoms with Crippen LogP contribution in [0.2, 0.25) is 0 Å². The van der Waals surface area contributed by atoms with Crippen LogP contribution in [0.15, 0.2) is 12.1 Å². The fourth-order valence-electron chi connectivity index (χ4n) is 7.41. The number of carboxylic acids is 2. The van der Waals surface area contributed by atoms with Crippen LogP contribution in [-0.2, 0) is 9.59 Å². The summed E-state index contributed by atoms with van der Waals surface area (Å²) >= 11 is 0. The fraction of sp³-hybridized carbons (Fsp3) is 0.643. The standard InChI is InChI=1S/C28H40N2O6/c1-25(2)11-17(12-26(3,4)29(25)15-31)19-9-10-20(23(33)34)21(22(19)24(35)36)18-13-27(5,6)30(16-32)28(7,8)14-18/h9-10,15-18H,11-14H2,1-8H3,(H,33,34)(H,35,36). The molecular weight excluding hydrogens is 460 g/mol. The summed E-state index contributed by atoms with van der Waals surface area (Å²) in [6.07, 6.45) is 3.69. The molecule has 1 aromatic carbocycles. The topological polar surface area (TPSA) is 115 Å². The normalized spacial score (nSPS) is 23.2. The molecule has 3 rings (SSSR count). The number of carboxylic acid groups (broad SMARTS) is 2. The third kappa shape index (κ3) is 4.62. The van der Waals surface area contributed by atoms with Crippen LogP contribution in [0.3, 0.4) is 0 Å². The third-order valence-electron chi connectivity index (χ3n) is 8.37. The molecule has 8 heteroatoms. The van der Waals surface area contributed by atoms with Crippen molar-refractivity contribution in [3.63, 3.8) is 0 Å². The quantitative estimate of drug-likeness (QED) is 0.539. The summed E-state index contributed by atoms with van der Waals surface area (Å²) in [7, 11) is 0. The van der Waals surface area contributed by atoms with Gasteiger partial charge in [0.1, 0.15) is 0 Å². The highest BCUT2D eigenvalue weighted by Gasteiger charge is 2.49. The molecule has 0 unspecified atom stereocenters. The van der Waals surface area contributed by atoms with E-state index in [2.05, 4.69) is 0 Å². The zero-order valence-electron chi connectivity index (χ0n) is 22.7. The van der Waals surface area contributed by atoms with Crippen LogP contribution in [0, 0.1) is 0 Å². The van der Waals surface area contributed by atoms with Crippen molar-refractivity contribution in [2.45, 2.75) is 115 Å². The van der Waals surface area contributed by atoms with Gasteiger partial charge in [0.05, 0.1) is 11.1 Å². The number of piperidine rings is 2. The smallest absolute Gasteiger partial charge is 0.336 e. The van der Waals surface area contributed by atoms with Crippen LogP contribution in [0.25, 0.3) is 0 Å². The van der Waals surface area contributed by atoms with Crippen LogP contribution in [0.5, 0.6) is 0 Å². The molecule has 2 heterocycles. The average Bonchev–Trinajstić information content (AvgIpc) is 2.69. The van der Waals surface area contributed by atoms with E-state index in [0.29, 0.717) is 36.8 Å². The predicted molar refractivity (Wildman–Crippen MR) is 136 cm³/mol. The molecule has 2 N–H and O–H groups in total. The molecule has 198 valence electrons. The number of carbonyl (C=O) groups is 4. The SMILES string of the molecule is CC1(C)CC(c2ccc(C(=O)O)c(C3CC(C)(C)N(C=O)C(C)(C)C3)c2C(=O)O)CC(C)(C)N1C=O. The van der Waals surface area contributed by atoms with Crippen LogP contribution >= 0.6 is 0 Å². The summed E-state index contributed by atoms with van der Waals surface area (Å²) in [5.74, 6) is -2.84. The molecule has 0 aromatic heterocycles. The first kappa shape index (κ1) is 27.7. The summed E-state index contributed by atoms with van der Waals surface area (Å²) in [5, 5.41) is 20.6. The third-order valence-corrected chi connectivity index (χ3v) is 8.37. The van der Waals surface area contributed by atoms with Crippen molar-refractivity contribution in [2.24, 2.45) is 0 Å². The van der Waals surface area contributed by atoms with Gasteiger partial charge >= 0.3 is 11.9 Å². The van der Waals surface area contributed by atoms with Gasteiger partial charge in [0.15, 0.2) is 0 Å². The second kappa shape index (κ2) is 8.89. The summed E-state index contributed by atoms with van der Waals surface area (Å²) in [6.45, 7) is 15.6. The summed E-state index contributed by atoms with van der Waals surface area (Å²) < 4.78 is 0. The largest absolute Gasteiger partial charge is 0.478 e. The van der Waals surface area contributed by atoms with E-state index in [-0.39, 0.29) is 23.0 Å². The molecule has 0 aliphatic carbocycles. The minimum Gasteiger partial charge on any atom is -0.478 e. The summed E-state index contributed by atoms with van der Waals surface area (Å²) in [4.78, 5) is 52.6. The van der Waals surface area contributed by atoms with E-state index in [1.165, 1.54) is 6.07 Å². The van der Waals surface area contributed by atoms with Gasteiger partial charge in [-0.15, -0.1) is 0 Å². The molecular formula is C28H40N2O6. The Morgan fingerprint density at radius 3 is 1.44 bits per heavy atom. The highest BCUT2D eigenvalue weighted by molar-refractivity contribution is 5.98. The van der Waals surface area contributed by atoms with Gasteiger partial charge in [-0.05, 0) is 110 Å². The van der Waals surface area contributed by atoms with Gasteiger partial charge in [0.25, 0.3) is 0 Å². The van der Waals surface area contributed by atoms with Gasteiger partial charge in [-0.2, -0.15) is 0 Å². The lowest BCUT2D eigenvalue weighted by Gasteiger charge is -2.54.